The van der Waals surface area contributed by atoms with Crippen molar-refractivity contribution in [2.45, 2.75) is 19.1 Å². The molecule has 0 radical (unpaired) electrons. The third-order valence-corrected chi connectivity index (χ3v) is 5.04. The Kier molecular flexibility index (Phi) is 4.01. The molecule has 2 heterocycles. The molecule has 0 saturated carbocycles. The smallest absolute Gasteiger partial charge is 0.229 e. The minimum Gasteiger partial charge on any atom is -0.489 e. The fourth-order valence-corrected chi connectivity index (χ4v) is 3.63. The van der Waals surface area contributed by atoms with E-state index in [4.69, 9.17) is 4.74 Å². The Labute approximate surface area is 161 Å². The van der Waals surface area contributed by atoms with Crippen LogP contribution in [0.2, 0.25) is 0 Å². The van der Waals surface area contributed by atoms with Crippen molar-refractivity contribution in [2.24, 2.45) is 0 Å². The molecule has 0 saturated heterocycles. The minimum atomic E-state index is -0.154. The summed E-state index contributed by atoms with van der Waals surface area (Å²) in [7, 11) is 0. The molecule has 1 aliphatic heterocycles. The lowest BCUT2D eigenvalue weighted by atomic mass is 10.0. The number of nitrogens with one attached hydrogen (secondary N) is 1. The largest absolute Gasteiger partial charge is 0.489 e. The van der Waals surface area contributed by atoms with Crippen molar-refractivity contribution < 1.29 is 9.53 Å². The first-order valence-corrected chi connectivity index (χ1v) is 9.17. The maximum absolute atomic E-state index is 11.9. The van der Waals surface area contributed by atoms with E-state index in [1.807, 2.05) is 42.5 Å². The molecule has 6 nitrogen and oxygen atoms in total. The van der Waals surface area contributed by atoms with E-state index in [2.05, 4.69) is 39.7 Å². The molecular formula is C22H18N4O2. The molecule has 28 heavy (non-hydrogen) atoms. The summed E-state index contributed by atoms with van der Waals surface area (Å²) >= 11 is 0. The predicted molar refractivity (Wildman–Crippen MR) is 106 cm³/mol. The summed E-state index contributed by atoms with van der Waals surface area (Å²) in [5, 5.41) is 9.37. The number of nitrogens with zero attached hydrogens (tertiary/aromatic N) is 3. The second-order valence-electron chi connectivity index (χ2n) is 6.79. The van der Waals surface area contributed by atoms with Crippen molar-refractivity contribution in [1.29, 1.82) is 0 Å². The van der Waals surface area contributed by atoms with E-state index in [0.29, 0.717) is 19.0 Å². The molecular weight excluding hydrogens is 352 g/mol. The molecule has 1 atom stereocenters. The zero-order valence-corrected chi connectivity index (χ0v) is 15.1. The minimum absolute atomic E-state index is 0.0539. The number of hydrogen-bond donors (Lipinski definition) is 1. The maximum Gasteiger partial charge on any atom is 0.229 e. The fraction of sp³-hybridized carbons (Fsp3) is 0.136. The van der Waals surface area contributed by atoms with Gasteiger partial charge in [0, 0.05) is 0 Å². The van der Waals surface area contributed by atoms with Gasteiger partial charge in [-0.15, -0.1) is 0 Å². The van der Waals surface area contributed by atoms with E-state index in [1.165, 1.54) is 17.1 Å². The standard InChI is InChI=1S/C22H18N4O2/c27-21-12-20(26-22(25-21)23-14-24-26)16-8-10-18(11-9-16)28-13-17-6-3-5-15-4-1-2-7-19(15)17/h1-11,14,20H,12-13H2,(H,23,24,25,27)/t20-/m1/s1. The van der Waals surface area contributed by atoms with Gasteiger partial charge in [-0.2, -0.15) is 10.1 Å². The molecule has 0 aliphatic carbocycles. The Morgan fingerprint density at radius 1 is 1.04 bits per heavy atom. The van der Waals surface area contributed by atoms with Crippen LogP contribution in [-0.4, -0.2) is 20.7 Å². The number of benzene rings is 3. The van der Waals surface area contributed by atoms with E-state index in [-0.39, 0.29) is 11.9 Å². The van der Waals surface area contributed by atoms with Gasteiger partial charge in [0.25, 0.3) is 0 Å². The predicted octanol–water partition coefficient (Wildman–Crippen LogP) is 3.94. The van der Waals surface area contributed by atoms with Gasteiger partial charge in [0.2, 0.25) is 11.9 Å². The second-order valence-corrected chi connectivity index (χ2v) is 6.79. The van der Waals surface area contributed by atoms with Gasteiger partial charge >= 0.3 is 0 Å². The van der Waals surface area contributed by atoms with Crippen LogP contribution in [0.3, 0.4) is 0 Å². The number of amides is 1. The normalized spacial score (nSPS) is 15.9. The molecule has 0 unspecified atom stereocenters. The maximum atomic E-state index is 11.9. The average molecular weight is 370 g/mol. The first-order valence-electron chi connectivity index (χ1n) is 9.17. The van der Waals surface area contributed by atoms with Crippen LogP contribution in [0.5, 0.6) is 5.75 Å². The fourth-order valence-electron chi connectivity index (χ4n) is 3.63. The van der Waals surface area contributed by atoms with Gasteiger partial charge in [0.1, 0.15) is 18.7 Å². The highest BCUT2D eigenvalue weighted by molar-refractivity contribution is 5.91. The van der Waals surface area contributed by atoms with Gasteiger partial charge in [0.05, 0.1) is 12.5 Å². The summed E-state index contributed by atoms with van der Waals surface area (Å²) in [5.41, 5.74) is 2.15. The van der Waals surface area contributed by atoms with Gasteiger partial charge in [0.15, 0.2) is 0 Å². The molecule has 1 N–H and O–H groups in total. The lowest BCUT2D eigenvalue weighted by molar-refractivity contribution is -0.117. The number of carbonyl (C=O) groups is 1. The monoisotopic (exact) mass is 370 g/mol. The molecule has 4 aromatic rings. The van der Waals surface area contributed by atoms with Crippen molar-refractivity contribution in [3.8, 4) is 5.75 Å². The van der Waals surface area contributed by atoms with Crippen LogP contribution >= 0.6 is 0 Å². The number of aromatic nitrogens is 3. The highest BCUT2D eigenvalue weighted by Gasteiger charge is 2.27. The Bertz CT molecular complexity index is 1150. The van der Waals surface area contributed by atoms with Gasteiger partial charge in [-0.05, 0) is 34.0 Å². The van der Waals surface area contributed by atoms with Crippen molar-refractivity contribution in [2.75, 3.05) is 5.32 Å². The molecule has 138 valence electrons. The molecule has 0 bridgehead atoms. The van der Waals surface area contributed by atoms with E-state index in [1.54, 1.807) is 4.68 Å². The summed E-state index contributed by atoms with van der Waals surface area (Å²) in [6.45, 7) is 0.500. The Morgan fingerprint density at radius 2 is 1.86 bits per heavy atom. The summed E-state index contributed by atoms with van der Waals surface area (Å²) < 4.78 is 7.75. The number of fused-ring (bicyclic) bond motifs is 2. The van der Waals surface area contributed by atoms with Gasteiger partial charge < -0.3 is 4.74 Å². The third kappa shape index (κ3) is 2.99. The quantitative estimate of drug-likeness (QED) is 0.591. The first kappa shape index (κ1) is 16.5. The number of hydrogen-bond acceptors (Lipinski definition) is 4. The van der Waals surface area contributed by atoms with Gasteiger partial charge in [-0.1, -0.05) is 54.6 Å². The van der Waals surface area contributed by atoms with Gasteiger partial charge in [-0.3, -0.25) is 10.1 Å². The van der Waals surface area contributed by atoms with Crippen LogP contribution < -0.4 is 10.1 Å². The summed E-state index contributed by atoms with van der Waals surface area (Å²) in [4.78, 5) is 16.0. The number of rotatable bonds is 4. The van der Waals surface area contributed by atoms with Crippen LogP contribution in [0, 0.1) is 0 Å². The third-order valence-electron chi connectivity index (χ3n) is 5.04. The summed E-state index contributed by atoms with van der Waals surface area (Å²) in [6, 6.07) is 22.2. The molecule has 3 aromatic carbocycles. The summed E-state index contributed by atoms with van der Waals surface area (Å²) in [5.74, 6) is 1.22. The van der Waals surface area contributed by atoms with E-state index >= 15 is 0 Å². The highest BCUT2D eigenvalue weighted by atomic mass is 16.5. The zero-order chi connectivity index (χ0) is 18.9. The van der Waals surface area contributed by atoms with Crippen molar-refractivity contribution >= 4 is 22.6 Å². The molecule has 1 amide bonds. The van der Waals surface area contributed by atoms with Crippen LogP contribution in [0.15, 0.2) is 73.1 Å². The molecule has 1 aliphatic rings. The molecule has 6 heteroatoms. The average Bonchev–Trinajstić information content (AvgIpc) is 3.20. The topological polar surface area (TPSA) is 69.0 Å². The van der Waals surface area contributed by atoms with Crippen LogP contribution in [0.25, 0.3) is 10.8 Å². The number of anilines is 1. The SMILES string of the molecule is O=C1C[C@H](c2ccc(OCc3cccc4ccccc34)cc2)n2ncnc2N1. The summed E-state index contributed by atoms with van der Waals surface area (Å²) in [6.07, 6.45) is 1.79. The Balaban J connectivity index is 1.34. The zero-order valence-electron chi connectivity index (χ0n) is 15.1. The second kappa shape index (κ2) is 6.81. The van der Waals surface area contributed by atoms with E-state index in [0.717, 1.165) is 16.9 Å². The first-order chi connectivity index (χ1) is 13.8. The van der Waals surface area contributed by atoms with Crippen LogP contribution in [0.1, 0.15) is 23.6 Å². The highest BCUT2D eigenvalue weighted by Crippen LogP contribution is 2.29. The lowest BCUT2D eigenvalue weighted by Crippen LogP contribution is -2.29. The molecule has 0 fully saturated rings. The van der Waals surface area contributed by atoms with E-state index in [9.17, 15) is 4.79 Å². The Hall–Kier alpha value is -3.67. The molecule has 5 rings (SSSR count). The van der Waals surface area contributed by atoms with E-state index < -0.39 is 0 Å². The molecule has 0 spiro atoms. The van der Waals surface area contributed by atoms with Crippen molar-refractivity contribution in [1.82, 2.24) is 14.8 Å². The van der Waals surface area contributed by atoms with Gasteiger partial charge in [-0.25, -0.2) is 4.68 Å². The van der Waals surface area contributed by atoms with Crippen LogP contribution in [-0.2, 0) is 11.4 Å². The number of ether oxygens (including phenoxy) is 1. The number of carbonyl (C=O) groups excluding carboxylic acids is 1. The van der Waals surface area contributed by atoms with Crippen LogP contribution in [0.4, 0.5) is 5.95 Å². The Morgan fingerprint density at radius 3 is 2.75 bits per heavy atom. The van der Waals surface area contributed by atoms with Crippen molar-refractivity contribution in [3.05, 3.63) is 84.2 Å². The lowest BCUT2D eigenvalue weighted by Gasteiger charge is -2.23. The van der Waals surface area contributed by atoms with Crippen molar-refractivity contribution in [3.63, 3.8) is 0 Å². The molecule has 1 aromatic heterocycles.